The summed E-state index contributed by atoms with van der Waals surface area (Å²) in [5.41, 5.74) is 0. The van der Waals surface area contributed by atoms with E-state index in [1.165, 1.54) is 25.7 Å². The van der Waals surface area contributed by atoms with E-state index in [1.807, 2.05) is 0 Å². The molecule has 0 aromatic carbocycles. The summed E-state index contributed by atoms with van der Waals surface area (Å²) < 4.78 is 5.45. The second-order valence-electron chi connectivity index (χ2n) is 4.82. The molecule has 3 heteroatoms. The molecule has 0 N–H and O–H groups in total. The molecular formula is C11H17NO2. The van der Waals surface area contributed by atoms with Crippen LogP contribution < -0.4 is 0 Å². The zero-order chi connectivity index (χ0) is 9.54. The van der Waals surface area contributed by atoms with Crippen LogP contribution in [0.2, 0.25) is 0 Å². The highest BCUT2D eigenvalue weighted by molar-refractivity contribution is 5.72. The highest BCUT2D eigenvalue weighted by Crippen LogP contribution is 2.38. The molecule has 3 nitrogen and oxygen atoms in total. The minimum Gasteiger partial charge on any atom is -0.460 e. The number of morpholine rings is 1. The number of nitrogens with zero attached hydrogens (tertiary/aromatic N) is 1. The molecule has 3 fully saturated rings. The van der Waals surface area contributed by atoms with Crippen molar-refractivity contribution in [2.24, 2.45) is 5.92 Å². The van der Waals surface area contributed by atoms with Crippen LogP contribution in [0.3, 0.4) is 0 Å². The molecule has 14 heavy (non-hydrogen) atoms. The number of rotatable bonds is 0. The van der Waals surface area contributed by atoms with Gasteiger partial charge >= 0.3 is 5.97 Å². The Hall–Kier alpha value is -0.570. The summed E-state index contributed by atoms with van der Waals surface area (Å²) in [5, 5.41) is 0. The molecule has 2 aliphatic heterocycles. The Morgan fingerprint density at radius 1 is 1.21 bits per heavy atom. The lowest BCUT2D eigenvalue weighted by molar-refractivity contribution is -0.175. The minimum absolute atomic E-state index is 0.00574. The van der Waals surface area contributed by atoms with E-state index in [-0.39, 0.29) is 12.1 Å². The highest BCUT2D eigenvalue weighted by Gasteiger charge is 2.44. The topological polar surface area (TPSA) is 29.5 Å². The zero-order valence-corrected chi connectivity index (χ0v) is 8.45. The Balaban J connectivity index is 1.85. The van der Waals surface area contributed by atoms with E-state index in [2.05, 4.69) is 4.90 Å². The Labute approximate surface area is 84.4 Å². The van der Waals surface area contributed by atoms with Gasteiger partial charge in [0, 0.05) is 0 Å². The Morgan fingerprint density at radius 3 is 3.00 bits per heavy atom. The van der Waals surface area contributed by atoms with Crippen molar-refractivity contribution in [3.63, 3.8) is 0 Å². The summed E-state index contributed by atoms with van der Waals surface area (Å²) in [7, 11) is 0. The molecule has 0 bridgehead atoms. The number of hydrogen-bond donors (Lipinski definition) is 0. The van der Waals surface area contributed by atoms with Gasteiger partial charge < -0.3 is 4.74 Å². The van der Waals surface area contributed by atoms with Crippen LogP contribution >= 0.6 is 0 Å². The quantitative estimate of drug-likeness (QED) is 0.543. The second-order valence-corrected chi connectivity index (χ2v) is 4.82. The summed E-state index contributed by atoms with van der Waals surface area (Å²) in [6, 6.07) is 0.565. The first-order chi connectivity index (χ1) is 6.84. The molecule has 0 amide bonds. The molecule has 0 aromatic rings. The number of hydrogen-bond acceptors (Lipinski definition) is 3. The van der Waals surface area contributed by atoms with Gasteiger partial charge in [0.05, 0.1) is 12.6 Å². The molecule has 2 saturated heterocycles. The SMILES string of the molecule is O=C1CN2CCC[C@@H]3CCC[C@@H](O1)[C@H]32. The molecule has 1 aliphatic carbocycles. The fourth-order valence-electron chi connectivity index (χ4n) is 3.47. The summed E-state index contributed by atoms with van der Waals surface area (Å²) in [4.78, 5) is 13.7. The van der Waals surface area contributed by atoms with E-state index in [4.69, 9.17) is 4.74 Å². The summed E-state index contributed by atoms with van der Waals surface area (Å²) >= 11 is 0. The van der Waals surface area contributed by atoms with Crippen molar-refractivity contribution in [2.45, 2.75) is 44.2 Å². The van der Waals surface area contributed by atoms with Crippen molar-refractivity contribution in [2.75, 3.05) is 13.1 Å². The lowest BCUT2D eigenvalue weighted by atomic mass is 9.76. The van der Waals surface area contributed by atoms with E-state index in [1.54, 1.807) is 0 Å². The summed E-state index contributed by atoms with van der Waals surface area (Å²) in [5.74, 6) is 0.796. The van der Waals surface area contributed by atoms with E-state index in [9.17, 15) is 4.79 Å². The van der Waals surface area contributed by atoms with Crippen LogP contribution in [0.25, 0.3) is 0 Å². The molecule has 3 atom stereocenters. The smallest absolute Gasteiger partial charge is 0.320 e. The number of ether oxygens (including phenoxy) is 1. The van der Waals surface area contributed by atoms with Crippen LogP contribution in [-0.4, -0.2) is 36.1 Å². The maximum absolute atomic E-state index is 11.4. The van der Waals surface area contributed by atoms with Gasteiger partial charge in [-0.25, -0.2) is 0 Å². The van der Waals surface area contributed by atoms with Gasteiger partial charge in [-0.05, 0) is 44.6 Å². The lowest BCUT2D eigenvalue weighted by Gasteiger charge is -2.50. The molecule has 0 radical (unpaired) electrons. The first kappa shape index (κ1) is 8.72. The van der Waals surface area contributed by atoms with Gasteiger partial charge in [0.15, 0.2) is 0 Å². The van der Waals surface area contributed by atoms with E-state index in [0.717, 1.165) is 18.9 Å². The van der Waals surface area contributed by atoms with Crippen LogP contribution in [0.4, 0.5) is 0 Å². The Bertz CT molecular complexity index is 232. The third-order valence-corrected chi connectivity index (χ3v) is 3.98. The van der Waals surface area contributed by atoms with Gasteiger partial charge in [0.2, 0.25) is 0 Å². The van der Waals surface area contributed by atoms with E-state index >= 15 is 0 Å². The maximum Gasteiger partial charge on any atom is 0.320 e. The third kappa shape index (κ3) is 1.26. The molecular weight excluding hydrogens is 178 g/mol. The first-order valence-electron chi connectivity index (χ1n) is 5.78. The van der Waals surface area contributed by atoms with Gasteiger partial charge in [-0.3, -0.25) is 9.69 Å². The zero-order valence-electron chi connectivity index (χ0n) is 8.45. The summed E-state index contributed by atoms with van der Waals surface area (Å²) in [6.45, 7) is 1.64. The molecule has 3 rings (SSSR count). The fourth-order valence-corrected chi connectivity index (χ4v) is 3.47. The number of piperidine rings is 1. The second kappa shape index (κ2) is 3.23. The van der Waals surface area contributed by atoms with Crippen molar-refractivity contribution in [1.29, 1.82) is 0 Å². The number of carbonyl (C=O) groups excluding carboxylic acids is 1. The van der Waals surface area contributed by atoms with Crippen molar-refractivity contribution >= 4 is 5.97 Å². The molecule has 0 aromatic heterocycles. The van der Waals surface area contributed by atoms with Crippen molar-refractivity contribution in [3.05, 3.63) is 0 Å². The Morgan fingerprint density at radius 2 is 2.07 bits per heavy atom. The highest BCUT2D eigenvalue weighted by atomic mass is 16.5. The van der Waals surface area contributed by atoms with Gasteiger partial charge in [-0.1, -0.05) is 0 Å². The largest absolute Gasteiger partial charge is 0.460 e. The van der Waals surface area contributed by atoms with Crippen molar-refractivity contribution in [3.8, 4) is 0 Å². The van der Waals surface area contributed by atoms with E-state index in [0.29, 0.717) is 12.6 Å². The van der Waals surface area contributed by atoms with Crippen LogP contribution in [0.5, 0.6) is 0 Å². The Kier molecular flexibility index (Phi) is 2.01. The van der Waals surface area contributed by atoms with Gasteiger partial charge in [0.25, 0.3) is 0 Å². The lowest BCUT2D eigenvalue weighted by Crippen LogP contribution is -2.60. The van der Waals surface area contributed by atoms with E-state index < -0.39 is 0 Å². The molecule has 78 valence electrons. The normalized spacial score (nSPS) is 42.9. The average molecular weight is 195 g/mol. The maximum atomic E-state index is 11.4. The molecule has 2 heterocycles. The van der Waals surface area contributed by atoms with Crippen molar-refractivity contribution in [1.82, 2.24) is 4.90 Å². The molecule has 0 spiro atoms. The predicted octanol–water partition coefficient (Wildman–Crippen LogP) is 1.18. The fraction of sp³-hybridized carbons (Fsp3) is 0.909. The molecule has 3 aliphatic rings. The monoisotopic (exact) mass is 195 g/mol. The third-order valence-electron chi connectivity index (χ3n) is 3.98. The molecule has 1 saturated carbocycles. The predicted molar refractivity (Wildman–Crippen MR) is 51.8 cm³/mol. The standard InChI is InChI=1S/C11H17NO2/c13-10-7-12-6-2-4-8-3-1-5-9(14-10)11(8)12/h8-9,11H,1-7H2/t8-,9+,11-/m0/s1. The van der Waals surface area contributed by atoms with Gasteiger partial charge in [-0.15, -0.1) is 0 Å². The minimum atomic E-state index is -0.00574. The van der Waals surface area contributed by atoms with Gasteiger partial charge in [-0.2, -0.15) is 0 Å². The average Bonchev–Trinajstić information content (AvgIpc) is 2.18. The number of esters is 1. The van der Waals surface area contributed by atoms with Crippen LogP contribution in [-0.2, 0) is 9.53 Å². The number of carbonyl (C=O) groups is 1. The first-order valence-corrected chi connectivity index (χ1v) is 5.78. The summed E-state index contributed by atoms with van der Waals surface area (Å²) in [6.07, 6.45) is 6.50. The van der Waals surface area contributed by atoms with Gasteiger partial charge in [0.1, 0.15) is 6.10 Å². The van der Waals surface area contributed by atoms with Crippen LogP contribution in [0.15, 0.2) is 0 Å². The van der Waals surface area contributed by atoms with Crippen LogP contribution in [0, 0.1) is 5.92 Å². The van der Waals surface area contributed by atoms with Crippen LogP contribution in [0.1, 0.15) is 32.1 Å². The molecule has 0 unspecified atom stereocenters. The van der Waals surface area contributed by atoms with Crippen molar-refractivity contribution < 1.29 is 9.53 Å².